The van der Waals surface area contributed by atoms with E-state index in [1.807, 2.05) is 49.4 Å². The predicted octanol–water partition coefficient (Wildman–Crippen LogP) is 3.12. The molecule has 6 heteroatoms. The molecule has 0 radical (unpaired) electrons. The predicted molar refractivity (Wildman–Crippen MR) is 107 cm³/mol. The summed E-state index contributed by atoms with van der Waals surface area (Å²) in [6.07, 6.45) is 1.68. The van der Waals surface area contributed by atoms with E-state index in [1.54, 1.807) is 18.3 Å². The second kappa shape index (κ2) is 7.67. The minimum absolute atomic E-state index is 0.202. The minimum atomic E-state index is -0.385. The van der Waals surface area contributed by atoms with Crippen LogP contribution in [0.3, 0.4) is 0 Å². The highest BCUT2D eigenvalue weighted by atomic mass is 16.2. The summed E-state index contributed by atoms with van der Waals surface area (Å²) < 4.78 is 0. The Morgan fingerprint density at radius 3 is 2.48 bits per heavy atom. The van der Waals surface area contributed by atoms with Crippen molar-refractivity contribution in [2.45, 2.75) is 20.0 Å². The number of hydrogen-bond donors (Lipinski definition) is 1. The van der Waals surface area contributed by atoms with E-state index in [1.165, 1.54) is 11.0 Å². The Labute approximate surface area is 168 Å². The average molecular weight is 385 g/mol. The van der Waals surface area contributed by atoms with E-state index < -0.39 is 0 Å². The van der Waals surface area contributed by atoms with Gasteiger partial charge in [-0.1, -0.05) is 36.4 Å². The molecule has 0 atom stereocenters. The smallest absolute Gasteiger partial charge is 0.261 e. The number of aryl methyl sites for hydroxylation is 1. The van der Waals surface area contributed by atoms with Crippen molar-refractivity contribution in [1.82, 2.24) is 15.2 Å². The molecule has 1 aliphatic heterocycles. The van der Waals surface area contributed by atoms with Gasteiger partial charge in [-0.05, 0) is 42.3 Å². The van der Waals surface area contributed by atoms with Gasteiger partial charge in [0, 0.05) is 11.8 Å². The molecule has 4 rings (SSSR count). The largest absolute Gasteiger partial charge is 0.346 e. The van der Waals surface area contributed by atoms with Gasteiger partial charge in [-0.2, -0.15) is 0 Å². The summed E-state index contributed by atoms with van der Waals surface area (Å²) in [5.74, 6) is -1.05. The second-order valence-electron chi connectivity index (χ2n) is 6.89. The summed E-state index contributed by atoms with van der Waals surface area (Å²) in [5.41, 5.74) is 3.54. The van der Waals surface area contributed by atoms with Gasteiger partial charge in [0.1, 0.15) is 0 Å². The molecule has 2 heterocycles. The molecule has 29 heavy (non-hydrogen) atoms. The highest BCUT2D eigenvalue weighted by molar-refractivity contribution is 6.22. The van der Waals surface area contributed by atoms with Crippen LogP contribution in [0.25, 0.3) is 0 Å². The zero-order chi connectivity index (χ0) is 20.4. The first-order chi connectivity index (χ1) is 14.0. The molecule has 0 saturated carbocycles. The molecule has 0 bridgehead atoms. The zero-order valence-corrected chi connectivity index (χ0v) is 15.9. The van der Waals surface area contributed by atoms with Crippen molar-refractivity contribution in [1.29, 1.82) is 0 Å². The molecular weight excluding hydrogens is 366 g/mol. The van der Waals surface area contributed by atoms with Crippen molar-refractivity contribution >= 4 is 17.7 Å². The second-order valence-corrected chi connectivity index (χ2v) is 6.89. The Kier molecular flexibility index (Phi) is 4.91. The Bertz CT molecular complexity index is 1110. The first-order valence-corrected chi connectivity index (χ1v) is 9.27. The summed E-state index contributed by atoms with van der Waals surface area (Å²) in [7, 11) is 0. The number of nitrogens with zero attached hydrogens (tertiary/aromatic N) is 2. The van der Waals surface area contributed by atoms with E-state index in [4.69, 9.17) is 0 Å². The fraction of sp³-hybridized carbons (Fsp3) is 0.130. The first-order valence-electron chi connectivity index (χ1n) is 9.27. The van der Waals surface area contributed by atoms with Crippen LogP contribution in [0.1, 0.15) is 47.9 Å². The molecule has 3 aromatic rings. The third kappa shape index (κ3) is 3.65. The van der Waals surface area contributed by atoms with Crippen LogP contribution in [-0.4, -0.2) is 27.6 Å². The normalized spacial score (nSPS) is 12.8. The number of carbonyl (C=O) groups is 3. The number of carbonyl (C=O) groups excluding carboxylic acids is 3. The molecule has 0 spiro atoms. The maximum atomic E-state index is 12.8. The Morgan fingerprint density at radius 1 is 0.966 bits per heavy atom. The van der Waals surface area contributed by atoms with Gasteiger partial charge < -0.3 is 5.32 Å². The number of amides is 3. The molecule has 6 nitrogen and oxygen atoms in total. The van der Waals surface area contributed by atoms with E-state index in [9.17, 15) is 14.4 Å². The van der Waals surface area contributed by atoms with E-state index in [2.05, 4.69) is 10.3 Å². The van der Waals surface area contributed by atoms with Gasteiger partial charge in [0.15, 0.2) is 0 Å². The van der Waals surface area contributed by atoms with E-state index in [0.717, 1.165) is 16.8 Å². The SMILES string of the molecule is Cc1cccnc1CNC(=O)c1ccc2c(c1)C(=O)N(Cc1ccccc1)C2=O. The molecular formula is C23H19N3O3. The number of imide groups is 1. The van der Waals surface area contributed by atoms with Gasteiger partial charge in [0.05, 0.1) is 29.9 Å². The molecule has 1 aliphatic rings. The minimum Gasteiger partial charge on any atom is -0.346 e. The summed E-state index contributed by atoms with van der Waals surface area (Å²) >= 11 is 0. The van der Waals surface area contributed by atoms with Crippen molar-refractivity contribution in [2.24, 2.45) is 0 Å². The first kappa shape index (κ1) is 18.6. The number of fused-ring (bicyclic) bond motifs is 1. The lowest BCUT2D eigenvalue weighted by molar-refractivity contribution is 0.0642. The maximum Gasteiger partial charge on any atom is 0.261 e. The number of rotatable bonds is 5. The number of benzene rings is 2. The van der Waals surface area contributed by atoms with Crippen molar-refractivity contribution in [3.8, 4) is 0 Å². The number of hydrogen-bond acceptors (Lipinski definition) is 4. The van der Waals surface area contributed by atoms with Crippen LogP contribution in [0.2, 0.25) is 0 Å². The standard InChI is InChI=1S/C23H19N3O3/c1-15-6-5-11-24-20(15)13-25-21(27)17-9-10-18-19(12-17)23(29)26(22(18)28)14-16-7-3-2-4-8-16/h2-12H,13-14H2,1H3,(H,25,27). The zero-order valence-electron chi connectivity index (χ0n) is 15.9. The lowest BCUT2D eigenvalue weighted by Crippen LogP contribution is -2.29. The van der Waals surface area contributed by atoms with E-state index >= 15 is 0 Å². The van der Waals surface area contributed by atoms with Crippen LogP contribution < -0.4 is 5.32 Å². The summed E-state index contributed by atoms with van der Waals surface area (Å²) in [6.45, 7) is 2.42. The molecule has 144 valence electrons. The van der Waals surface area contributed by atoms with Gasteiger partial charge in [0.2, 0.25) is 0 Å². The Morgan fingerprint density at radius 2 is 1.72 bits per heavy atom. The monoisotopic (exact) mass is 385 g/mol. The van der Waals surface area contributed by atoms with Gasteiger partial charge in [-0.3, -0.25) is 24.3 Å². The molecule has 3 amide bonds. The average Bonchev–Trinajstić information content (AvgIpc) is 2.98. The molecule has 2 aromatic carbocycles. The third-order valence-corrected chi connectivity index (χ3v) is 4.95. The van der Waals surface area contributed by atoms with E-state index in [0.29, 0.717) is 11.1 Å². The molecule has 0 unspecified atom stereocenters. The Hall–Kier alpha value is -3.80. The summed E-state index contributed by atoms with van der Waals surface area (Å²) in [5, 5.41) is 2.81. The quantitative estimate of drug-likeness (QED) is 0.685. The Balaban J connectivity index is 1.51. The lowest BCUT2D eigenvalue weighted by Gasteiger charge is -2.13. The topological polar surface area (TPSA) is 79.4 Å². The molecule has 1 N–H and O–H groups in total. The fourth-order valence-electron chi connectivity index (χ4n) is 3.31. The number of nitrogens with one attached hydrogen (secondary N) is 1. The summed E-state index contributed by atoms with van der Waals surface area (Å²) in [4.78, 5) is 43.4. The molecule has 0 fully saturated rings. The van der Waals surface area contributed by atoms with Gasteiger partial charge >= 0.3 is 0 Å². The number of pyridine rings is 1. The van der Waals surface area contributed by atoms with Crippen molar-refractivity contribution in [3.05, 3.63) is 100 Å². The highest BCUT2D eigenvalue weighted by Crippen LogP contribution is 2.25. The van der Waals surface area contributed by atoms with Crippen LogP contribution in [-0.2, 0) is 13.1 Å². The van der Waals surface area contributed by atoms with Crippen LogP contribution in [0, 0.1) is 6.92 Å². The maximum absolute atomic E-state index is 12.8. The van der Waals surface area contributed by atoms with Crippen LogP contribution in [0.15, 0.2) is 66.9 Å². The van der Waals surface area contributed by atoms with Gasteiger partial charge in [-0.15, -0.1) is 0 Å². The van der Waals surface area contributed by atoms with E-state index in [-0.39, 0.29) is 36.4 Å². The van der Waals surface area contributed by atoms with Gasteiger partial charge in [0.25, 0.3) is 17.7 Å². The van der Waals surface area contributed by atoms with Crippen molar-refractivity contribution in [2.75, 3.05) is 0 Å². The van der Waals surface area contributed by atoms with Gasteiger partial charge in [-0.25, -0.2) is 0 Å². The fourth-order valence-corrected chi connectivity index (χ4v) is 3.31. The molecule has 0 aliphatic carbocycles. The van der Waals surface area contributed by atoms with Crippen LogP contribution in [0.4, 0.5) is 0 Å². The van der Waals surface area contributed by atoms with Crippen molar-refractivity contribution < 1.29 is 14.4 Å². The van der Waals surface area contributed by atoms with Crippen molar-refractivity contribution in [3.63, 3.8) is 0 Å². The number of aromatic nitrogens is 1. The molecule has 1 aromatic heterocycles. The lowest BCUT2D eigenvalue weighted by atomic mass is 10.1. The van der Waals surface area contributed by atoms with Crippen LogP contribution >= 0.6 is 0 Å². The van der Waals surface area contributed by atoms with Crippen LogP contribution in [0.5, 0.6) is 0 Å². The molecule has 0 saturated heterocycles. The summed E-state index contributed by atoms with van der Waals surface area (Å²) in [6, 6.07) is 17.7. The third-order valence-electron chi connectivity index (χ3n) is 4.95. The highest BCUT2D eigenvalue weighted by Gasteiger charge is 2.35.